The lowest BCUT2D eigenvalue weighted by atomic mass is 9.90. The maximum atomic E-state index is 12.2. The fourth-order valence-corrected chi connectivity index (χ4v) is 2.46. The van der Waals surface area contributed by atoms with Crippen molar-refractivity contribution >= 4 is 17.7 Å². The van der Waals surface area contributed by atoms with Gasteiger partial charge in [-0.2, -0.15) is 0 Å². The van der Waals surface area contributed by atoms with Gasteiger partial charge in [0.15, 0.2) is 0 Å². The van der Waals surface area contributed by atoms with E-state index in [1.807, 2.05) is 24.3 Å². The Balaban J connectivity index is 1.98. The van der Waals surface area contributed by atoms with Crippen molar-refractivity contribution < 1.29 is 14.7 Å². The summed E-state index contributed by atoms with van der Waals surface area (Å²) in [5.74, 6) is -0.399. The number of carbonyl (C=O) groups excluding carboxylic acids is 1. The second-order valence-electron chi connectivity index (χ2n) is 6.24. The van der Waals surface area contributed by atoms with Gasteiger partial charge in [0.1, 0.15) is 0 Å². The Hall–Kier alpha value is -2.04. The molecule has 2 N–H and O–H groups in total. The van der Waals surface area contributed by atoms with Gasteiger partial charge in [0.2, 0.25) is 0 Å². The van der Waals surface area contributed by atoms with Gasteiger partial charge in [-0.3, -0.25) is 4.79 Å². The molecule has 0 aliphatic carbocycles. The van der Waals surface area contributed by atoms with Crippen LogP contribution in [0.3, 0.4) is 0 Å². The van der Waals surface area contributed by atoms with Crippen LogP contribution in [0.25, 0.3) is 0 Å². The Kier molecular flexibility index (Phi) is 4.21. The number of carboxylic acids is 1. The van der Waals surface area contributed by atoms with E-state index in [1.54, 1.807) is 11.8 Å². The number of carboxylic acid groups (broad SMARTS) is 1. The second kappa shape index (κ2) is 5.76. The Labute approximate surface area is 125 Å². The first-order valence-electron chi connectivity index (χ1n) is 7.21. The normalized spacial score (nSPS) is 21.6. The molecule has 1 aromatic carbocycles. The molecule has 1 saturated heterocycles. The summed E-state index contributed by atoms with van der Waals surface area (Å²) < 4.78 is 0. The predicted octanol–water partition coefficient (Wildman–Crippen LogP) is 3.14. The van der Waals surface area contributed by atoms with Crippen molar-refractivity contribution in [2.45, 2.75) is 33.1 Å². The first kappa shape index (κ1) is 15.4. The quantitative estimate of drug-likeness (QED) is 0.898. The van der Waals surface area contributed by atoms with Gasteiger partial charge in [-0.25, -0.2) is 4.79 Å². The molecular weight excluding hydrogens is 268 g/mol. The number of carbonyl (C=O) groups is 2. The standard InChI is InChI=1S/C16H22N2O3/c1-11(2)12-4-6-13(7-5-12)17-15(21)18-9-8-16(3,10-18)14(19)20/h4-7,11H,8-10H2,1-3H3,(H,17,21)(H,19,20). The van der Waals surface area contributed by atoms with Gasteiger partial charge >= 0.3 is 12.0 Å². The summed E-state index contributed by atoms with van der Waals surface area (Å²) in [6.45, 7) is 6.63. The number of hydrogen-bond acceptors (Lipinski definition) is 2. The zero-order valence-electron chi connectivity index (χ0n) is 12.7. The van der Waals surface area contributed by atoms with Gasteiger partial charge in [0.25, 0.3) is 0 Å². The van der Waals surface area contributed by atoms with Crippen molar-refractivity contribution in [2.75, 3.05) is 18.4 Å². The number of likely N-dealkylation sites (tertiary alicyclic amines) is 1. The minimum absolute atomic E-state index is 0.239. The van der Waals surface area contributed by atoms with Gasteiger partial charge < -0.3 is 15.3 Å². The number of nitrogens with zero attached hydrogens (tertiary/aromatic N) is 1. The van der Waals surface area contributed by atoms with Crippen LogP contribution >= 0.6 is 0 Å². The highest BCUT2D eigenvalue weighted by Gasteiger charge is 2.42. The molecule has 1 aromatic rings. The zero-order valence-corrected chi connectivity index (χ0v) is 12.7. The van der Waals surface area contributed by atoms with E-state index in [4.69, 9.17) is 0 Å². The van der Waals surface area contributed by atoms with E-state index >= 15 is 0 Å². The average Bonchev–Trinajstić information content (AvgIpc) is 2.83. The Morgan fingerprint density at radius 3 is 2.38 bits per heavy atom. The van der Waals surface area contributed by atoms with Crippen molar-refractivity contribution in [3.63, 3.8) is 0 Å². The molecule has 1 aliphatic rings. The van der Waals surface area contributed by atoms with Crippen LogP contribution in [-0.2, 0) is 4.79 Å². The third-order valence-corrected chi connectivity index (χ3v) is 4.11. The minimum Gasteiger partial charge on any atom is -0.481 e. The zero-order chi connectivity index (χ0) is 15.6. The first-order valence-corrected chi connectivity index (χ1v) is 7.21. The maximum Gasteiger partial charge on any atom is 0.321 e. The van der Waals surface area contributed by atoms with E-state index in [0.29, 0.717) is 18.9 Å². The van der Waals surface area contributed by atoms with Gasteiger partial charge in [-0.15, -0.1) is 0 Å². The van der Waals surface area contributed by atoms with Crippen LogP contribution in [0.4, 0.5) is 10.5 Å². The number of urea groups is 1. The molecule has 1 aliphatic heterocycles. The third-order valence-electron chi connectivity index (χ3n) is 4.11. The number of anilines is 1. The molecular formula is C16H22N2O3. The van der Waals surface area contributed by atoms with Crippen molar-refractivity contribution in [3.8, 4) is 0 Å². The smallest absolute Gasteiger partial charge is 0.321 e. The molecule has 0 bridgehead atoms. The fourth-order valence-electron chi connectivity index (χ4n) is 2.46. The number of aliphatic carboxylic acids is 1. The van der Waals surface area contributed by atoms with E-state index in [2.05, 4.69) is 19.2 Å². The first-order chi connectivity index (χ1) is 9.82. The van der Waals surface area contributed by atoms with Crippen LogP contribution in [0, 0.1) is 5.41 Å². The molecule has 1 unspecified atom stereocenters. The summed E-state index contributed by atoms with van der Waals surface area (Å²) in [7, 11) is 0. The number of hydrogen-bond donors (Lipinski definition) is 2. The second-order valence-corrected chi connectivity index (χ2v) is 6.24. The fraction of sp³-hybridized carbons (Fsp3) is 0.500. The van der Waals surface area contributed by atoms with Gasteiger partial charge in [0, 0.05) is 18.8 Å². The predicted molar refractivity (Wildman–Crippen MR) is 81.5 cm³/mol. The van der Waals surface area contributed by atoms with Gasteiger partial charge in [-0.1, -0.05) is 26.0 Å². The van der Waals surface area contributed by atoms with Crippen LogP contribution in [0.1, 0.15) is 38.7 Å². The summed E-state index contributed by atoms with van der Waals surface area (Å²) in [4.78, 5) is 24.9. The van der Waals surface area contributed by atoms with Crippen LogP contribution < -0.4 is 5.32 Å². The van der Waals surface area contributed by atoms with Gasteiger partial charge in [0.05, 0.1) is 5.41 Å². The van der Waals surface area contributed by atoms with Crippen molar-refractivity contribution in [2.24, 2.45) is 5.41 Å². The van der Waals surface area contributed by atoms with Crippen molar-refractivity contribution in [1.82, 2.24) is 4.90 Å². The van der Waals surface area contributed by atoms with Crippen LogP contribution in [0.5, 0.6) is 0 Å². The molecule has 5 nitrogen and oxygen atoms in total. The van der Waals surface area contributed by atoms with E-state index in [9.17, 15) is 14.7 Å². The Bertz CT molecular complexity index is 539. The van der Waals surface area contributed by atoms with Gasteiger partial charge in [-0.05, 0) is 37.0 Å². The van der Waals surface area contributed by atoms with Crippen LogP contribution in [-0.4, -0.2) is 35.1 Å². The summed E-state index contributed by atoms with van der Waals surface area (Å²) in [6, 6.07) is 7.49. The van der Waals surface area contributed by atoms with E-state index in [0.717, 1.165) is 5.69 Å². The highest BCUT2D eigenvalue weighted by molar-refractivity contribution is 5.90. The topological polar surface area (TPSA) is 69.6 Å². The number of nitrogens with one attached hydrogen (secondary N) is 1. The molecule has 2 amide bonds. The molecule has 2 rings (SSSR count). The molecule has 1 fully saturated rings. The lowest BCUT2D eigenvalue weighted by Crippen LogP contribution is -2.37. The third kappa shape index (κ3) is 3.35. The van der Waals surface area contributed by atoms with Crippen molar-refractivity contribution in [1.29, 1.82) is 0 Å². The molecule has 0 radical (unpaired) electrons. The Morgan fingerprint density at radius 1 is 1.29 bits per heavy atom. The summed E-state index contributed by atoms with van der Waals surface area (Å²) in [5.41, 5.74) is 1.11. The minimum atomic E-state index is -0.848. The van der Waals surface area contributed by atoms with Crippen molar-refractivity contribution in [3.05, 3.63) is 29.8 Å². The summed E-state index contributed by atoms with van der Waals surface area (Å²) in [6.07, 6.45) is 0.488. The highest BCUT2D eigenvalue weighted by Crippen LogP contribution is 2.30. The molecule has 0 aromatic heterocycles. The monoisotopic (exact) mass is 290 g/mol. The number of benzene rings is 1. The molecule has 0 saturated carbocycles. The van der Waals surface area contributed by atoms with E-state index < -0.39 is 11.4 Å². The van der Waals surface area contributed by atoms with Crippen LogP contribution in [0.15, 0.2) is 24.3 Å². The molecule has 21 heavy (non-hydrogen) atoms. The SMILES string of the molecule is CC(C)c1ccc(NC(=O)N2CCC(C)(C(=O)O)C2)cc1. The molecule has 5 heteroatoms. The molecule has 0 spiro atoms. The molecule has 114 valence electrons. The van der Waals surface area contributed by atoms with E-state index in [1.165, 1.54) is 5.56 Å². The number of amides is 2. The van der Waals surface area contributed by atoms with Crippen LogP contribution in [0.2, 0.25) is 0 Å². The molecule has 1 atom stereocenters. The highest BCUT2D eigenvalue weighted by atomic mass is 16.4. The lowest BCUT2D eigenvalue weighted by molar-refractivity contribution is -0.146. The number of rotatable bonds is 3. The summed E-state index contributed by atoms with van der Waals surface area (Å²) >= 11 is 0. The average molecular weight is 290 g/mol. The lowest BCUT2D eigenvalue weighted by Gasteiger charge is -2.20. The van der Waals surface area contributed by atoms with E-state index in [-0.39, 0.29) is 12.6 Å². The summed E-state index contributed by atoms with van der Waals surface area (Å²) in [5, 5.41) is 12.0. The Morgan fingerprint density at radius 2 is 1.90 bits per heavy atom. The largest absolute Gasteiger partial charge is 0.481 e. The molecule has 1 heterocycles. The maximum absolute atomic E-state index is 12.2.